The molecular weight excluding hydrogens is 661 g/mol. The molecule has 11 rings (SSSR count). The van der Waals surface area contributed by atoms with E-state index in [1.807, 2.05) is 0 Å². The van der Waals surface area contributed by atoms with Crippen LogP contribution in [0.25, 0.3) is 98.7 Å². The van der Waals surface area contributed by atoms with Crippen molar-refractivity contribution in [3.05, 3.63) is 205 Å². The first kappa shape index (κ1) is 31.7. The predicted octanol–water partition coefficient (Wildman–Crippen LogP) is 15.3. The van der Waals surface area contributed by atoms with E-state index in [1.54, 1.807) is 0 Å². The van der Waals surface area contributed by atoms with Gasteiger partial charge in [-0.1, -0.05) is 184 Å². The third-order valence-electron chi connectivity index (χ3n) is 12.2. The zero-order valence-electron chi connectivity index (χ0n) is 31.0. The first-order valence-electron chi connectivity index (χ1n) is 19.4. The number of benzene rings is 10. The summed E-state index contributed by atoms with van der Waals surface area (Å²) in [5.41, 5.74) is 15.3. The van der Waals surface area contributed by atoms with Gasteiger partial charge in [0.05, 0.1) is 0 Å². The van der Waals surface area contributed by atoms with E-state index in [-0.39, 0.29) is 5.41 Å². The van der Waals surface area contributed by atoms with Crippen molar-refractivity contribution in [2.45, 2.75) is 19.3 Å². The van der Waals surface area contributed by atoms with E-state index < -0.39 is 0 Å². The summed E-state index contributed by atoms with van der Waals surface area (Å²) in [5.74, 6) is 0. The minimum atomic E-state index is -0.122. The molecule has 1 aliphatic carbocycles. The Kier molecular flexibility index (Phi) is 7.00. The van der Waals surface area contributed by atoms with Crippen molar-refractivity contribution in [2.75, 3.05) is 0 Å². The lowest BCUT2D eigenvalue weighted by atomic mass is 9.79. The van der Waals surface area contributed by atoms with E-state index in [9.17, 15) is 0 Å². The molecule has 0 aromatic heterocycles. The van der Waals surface area contributed by atoms with Crippen molar-refractivity contribution in [3.8, 4) is 55.6 Å². The maximum atomic E-state index is 2.51. The Hall–Kier alpha value is -6.76. The van der Waals surface area contributed by atoms with Gasteiger partial charge in [-0.05, 0) is 134 Å². The summed E-state index contributed by atoms with van der Waals surface area (Å²) in [6, 6.07) is 72.3. The summed E-state index contributed by atoms with van der Waals surface area (Å²) in [6.07, 6.45) is 0. The molecule has 0 heteroatoms. The molecule has 0 amide bonds. The molecule has 0 radical (unpaired) electrons. The first-order valence-corrected chi connectivity index (χ1v) is 19.4. The lowest BCUT2D eigenvalue weighted by molar-refractivity contribution is 0.661. The summed E-state index contributed by atoms with van der Waals surface area (Å²) in [4.78, 5) is 0. The molecule has 0 atom stereocenters. The van der Waals surface area contributed by atoms with Gasteiger partial charge in [-0.15, -0.1) is 0 Å². The molecule has 0 saturated heterocycles. The van der Waals surface area contributed by atoms with Gasteiger partial charge >= 0.3 is 0 Å². The lowest BCUT2D eigenvalue weighted by Gasteiger charge is -2.23. The molecule has 0 N–H and O–H groups in total. The Balaban J connectivity index is 1.29. The molecule has 0 spiro atoms. The van der Waals surface area contributed by atoms with Gasteiger partial charge in [-0.3, -0.25) is 0 Å². The maximum absolute atomic E-state index is 2.51. The Labute approximate surface area is 322 Å². The molecule has 0 saturated carbocycles. The van der Waals surface area contributed by atoms with Gasteiger partial charge < -0.3 is 0 Å². The smallest absolute Gasteiger partial charge is 0.0159 e. The summed E-state index contributed by atoms with van der Waals surface area (Å²) in [7, 11) is 0. The van der Waals surface area contributed by atoms with E-state index >= 15 is 0 Å². The third kappa shape index (κ3) is 4.78. The molecule has 10 aromatic carbocycles. The summed E-state index contributed by atoms with van der Waals surface area (Å²) in [6.45, 7) is 4.78. The molecule has 0 unspecified atom stereocenters. The third-order valence-corrected chi connectivity index (χ3v) is 12.2. The Morgan fingerprint density at radius 3 is 1.58 bits per heavy atom. The fourth-order valence-corrected chi connectivity index (χ4v) is 9.68. The highest BCUT2D eigenvalue weighted by atomic mass is 14.4. The SMILES string of the molecule is CC1(C)c2ccccc2-c2c1cc(-c1cc(-c3ccccc3)cc(-c3c4ccccc4c(-c4ccccc4)c4ccc5ccccc5c34)c1)c1ccccc21. The van der Waals surface area contributed by atoms with Crippen molar-refractivity contribution < 1.29 is 0 Å². The zero-order valence-corrected chi connectivity index (χ0v) is 31.0. The largest absolute Gasteiger partial charge is 0.0622 e. The molecular formula is C55H38. The van der Waals surface area contributed by atoms with E-state index in [0.717, 1.165) is 0 Å². The van der Waals surface area contributed by atoms with Crippen LogP contribution in [0, 0.1) is 0 Å². The van der Waals surface area contributed by atoms with Gasteiger partial charge in [-0.2, -0.15) is 0 Å². The van der Waals surface area contributed by atoms with E-state index in [2.05, 4.69) is 208 Å². The van der Waals surface area contributed by atoms with Gasteiger partial charge in [0.15, 0.2) is 0 Å². The van der Waals surface area contributed by atoms with Crippen LogP contribution in [0.1, 0.15) is 25.0 Å². The van der Waals surface area contributed by atoms with Gasteiger partial charge in [0, 0.05) is 5.41 Å². The zero-order chi connectivity index (χ0) is 36.7. The Morgan fingerprint density at radius 2 is 0.836 bits per heavy atom. The molecule has 10 aromatic rings. The number of hydrogen-bond acceptors (Lipinski definition) is 0. The molecule has 0 nitrogen and oxygen atoms in total. The average molecular weight is 699 g/mol. The topological polar surface area (TPSA) is 0 Å². The van der Waals surface area contributed by atoms with Crippen molar-refractivity contribution in [1.29, 1.82) is 0 Å². The fourth-order valence-electron chi connectivity index (χ4n) is 9.68. The molecule has 258 valence electrons. The van der Waals surface area contributed by atoms with Gasteiger partial charge in [0.1, 0.15) is 0 Å². The number of fused-ring (bicyclic) bond motifs is 9. The normalized spacial score (nSPS) is 13.1. The van der Waals surface area contributed by atoms with Crippen molar-refractivity contribution in [3.63, 3.8) is 0 Å². The average Bonchev–Trinajstić information content (AvgIpc) is 3.48. The van der Waals surface area contributed by atoms with Gasteiger partial charge in [0.2, 0.25) is 0 Å². The summed E-state index contributed by atoms with van der Waals surface area (Å²) < 4.78 is 0. The summed E-state index contributed by atoms with van der Waals surface area (Å²) >= 11 is 0. The van der Waals surface area contributed by atoms with Crippen LogP contribution in [-0.4, -0.2) is 0 Å². The van der Waals surface area contributed by atoms with Crippen LogP contribution >= 0.6 is 0 Å². The number of rotatable bonds is 4. The minimum Gasteiger partial charge on any atom is -0.0622 e. The van der Waals surface area contributed by atoms with Crippen LogP contribution in [0.3, 0.4) is 0 Å². The van der Waals surface area contributed by atoms with Gasteiger partial charge in [-0.25, -0.2) is 0 Å². The molecule has 0 heterocycles. The maximum Gasteiger partial charge on any atom is 0.0159 e. The minimum absolute atomic E-state index is 0.122. The van der Waals surface area contributed by atoms with E-state index in [0.29, 0.717) is 0 Å². The van der Waals surface area contributed by atoms with Crippen LogP contribution in [0.5, 0.6) is 0 Å². The highest BCUT2D eigenvalue weighted by Gasteiger charge is 2.37. The second-order valence-electron chi connectivity index (χ2n) is 15.6. The standard InChI is InChI=1S/C55H38/c1-55(2)49-28-16-15-27-46(49)53-43-24-12-11-23-42(43)48(34-50(53)55)39-31-38(35-17-5-3-6-18-35)32-40(33-39)52-45-26-14-13-25-44(45)51(37-20-7-4-8-21-37)47-30-29-36-19-9-10-22-41(36)54(47)52/h3-34H,1-2H3. The van der Waals surface area contributed by atoms with Crippen LogP contribution < -0.4 is 0 Å². The Morgan fingerprint density at radius 1 is 0.291 bits per heavy atom. The van der Waals surface area contributed by atoms with E-state index in [1.165, 1.54) is 110 Å². The van der Waals surface area contributed by atoms with Crippen LogP contribution in [0.2, 0.25) is 0 Å². The lowest BCUT2D eigenvalue weighted by Crippen LogP contribution is -2.15. The molecule has 1 aliphatic rings. The predicted molar refractivity (Wildman–Crippen MR) is 236 cm³/mol. The molecule has 0 bridgehead atoms. The van der Waals surface area contributed by atoms with Crippen LogP contribution in [0.4, 0.5) is 0 Å². The molecule has 0 fully saturated rings. The molecule has 55 heavy (non-hydrogen) atoms. The Bertz CT molecular complexity index is 3150. The van der Waals surface area contributed by atoms with E-state index in [4.69, 9.17) is 0 Å². The van der Waals surface area contributed by atoms with Crippen molar-refractivity contribution in [2.24, 2.45) is 0 Å². The van der Waals surface area contributed by atoms with Crippen molar-refractivity contribution >= 4 is 43.1 Å². The second kappa shape index (κ2) is 12.1. The first-order chi connectivity index (χ1) is 27.1. The summed E-state index contributed by atoms with van der Waals surface area (Å²) in [5, 5.41) is 10.2. The highest BCUT2D eigenvalue weighted by Crippen LogP contribution is 2.54. The monoisotopic (exact) mass is 698 g/mol. The van der Waals surface area contributed by atoms with Crippen molar-refractivity contribution in [1.82, 2.24) is 0 Å². The molecule has 0 aliphatic heterocycles. The van der Waals surface area contributed by atoms with Crippen LogP contribution in [-0.2, 0) is 5.41 Å². The highest BCUT2D eigenvalue weighted by molar-refractivity contribution is 6.28. The number of hydrogen-bond donors (Lipinski definition) is 0. The second-order valence-corrected chi connectivity index (χ2v) is 15.6. The van der Waals surface area contributed by atoms with Gasteiger partial charge in [0.25, 0.3) is 0 Å². The fraction of sp³-hybridized carbons (Fsp3) is 0.0545. The quantitative estimate of drug-likeness (QED) is 0.127. The van der Waals surface area contributed by atoms with Crippen LogP contribution in [0.15, 0.2) is 194 Å².